The summed E-state index contributed by atoms with van der Waals surface area (Å²) in [6.45, 7) is 12.2. The van der Waals surface area contributed by atoms with E-state index < -0.39 is 8.32 Å². The molecular weight excluding hydrogens is 384 g/mol. The Morgan fingerprint density at radius 1 is 1.20 bits per heavy atom. The molecule has 5 rings (SSSR count). The molecule has 3 unspecified atom stereocenters. The molecule has 1 aromatic rings. The van der Waals surface area contributed by atoms with Crippen molar-refractivity contribution in [1.82, 2.24) is 0 Å². The molecule has 164 valence electrons. The molecule has 4 aliphatic rings. The number of ether oxygens (including phenoxy) is 1. The van der Waals surface area contributed by atoms with Crippen LogP contribution in [-0.2, 0) is 10.8 Å². The maximum absolute atomic E-state index is 7.17. The topological polar surface area (TPSA) is 18.5 Å². The highest BCUT2D eigenvalue weighted by Gasteiger charge is 2.68. The van der Waals surface area contributed by atoms with Crippen molar-refractivity contribution in [2.24, 2.45) is 29.1 Å². The Morgan fingerprint density at radius 2 is 2.00 bits per heavy atom. The zero-order valence-corrected chi connectivity index (χ0v) is 20.8. The molecule has 0 aliphatic heterocycles. The summed E-state index contributed by atoms with van der Waals surface area (Å²) in [6, 6.07) is 6.91. The number of allylic oxidation sites excluding steroid dienone is 1. The highest BCUT2D eigenvalue weighted by Crippen LogP contribution is 2.70. The van der Waals surface area contributed by atoms with Gasteiger partial charge in [-0.2, -0.15) is 0 Å². The lowest BCUT2D eigenvalue weighted by atomic mass is 9.50. The van der Waals surface area contributed by atoms with Crippen LogP contribution in [0.5, 0.6) is 5.75 Å². The third kappa shape index (κ3) is 2.84. The zero-order chi connectivity index (χ0) is 21.3. The van der Waals surface area contributed by atoms with E-state index >= 15 is 0 Å². The van der Waals surface area contributed by atoms with Gasteiger partial charge in [-0.1, -0.05) is 38.5 Å². The first-order valence-electron chi connectivity index (χ1n) is 12.3. The quantitative estimate of drug-likeness (QED) is 0.384. The second-order valence-corrected chi connectivity index (χ2v) is 16.2. The summed E-state index contributed by atoms with van der Waals surface area (Å²) in [5.74, 6) is 4.79. The molecule has 3 heteroatoms. The lowest BCUT2D eigenvalue weighted by Crippen LogP contribution is -2.56. The summed E-state index contributed by atoms with van der Waals surface area (Å²) in [6.07, 6.45) is 12.7. The van der Waals surface area contributed by atoms with E-state index in [1.165, 1.54) is 38.5 Å². The monoisotopic (exact) mass is 424 g/mol. The van der Waals surface area contributed by atoms with Crippen molar-refractivity contribution < 1.29 is 9.16 Å². The first-order chi connectivity index (χ1) is 14.2. The van der Waals surface area contributed by atoms with Crippen LogP contribution in [0.2, 0.25) is 19.6 Å². The van der Waals surface area contributed by atoms with Crippen LogP contribution in [0.4, 0.5) is 0 Å². The van der Waals surface area contributed by atoms with Crippen LogP contribution in [0.15, 0.2) is 30.4 Å². The van der Waals surface area contributed by atoms with Gasteiger partial charge in [0.05, 0.1) is 12.7 Å². The molecule has 0 saturated heterocycles. The number of benzene rings is 1. The van der Waals surface area contributed by atoms with Gasteiger partial charge in [0.1, 0.15) is 5.75 Å². The average Bonchev–Trinajstić information content (AvgIpc) is 3.19. The number of methoxy groups -OCH3 is 1. The molecule has 0 bridgehead atoms. The smallest absolute Gasteiger partial charge is 0.184 e. The van der Waals surface area contributed by atoms with Gasteiger partial charge in [-0.25, -0.2) is 0 Å². The maximum atomic E-state index is 7.17. The molecule has 7 atom stereocenters. The molecule has 0 radical (unpaired) electrons. The minimum Gasteiger partial charge on any atom is -0.497 e. The Kier molecular flexibility index (Phi) is 4.84. The van der Waals surface area contributed by atoms with Crippen LogP contribution in [0.1, 0.15) is 63.0 Å². The van der Waals surface area contributed by atoms with Gasteiger partial charge in [-0.05, 0) is 105 Å². The van der Waals surface area contributed by atoms with Gasteiger partial charge in [-0.3, -0.25) is 0 Å². The fourth-order valence-electron chi connectivity index (χ4n) is 8.24. The Bertz CT molecular complexity index is 855. The van der Waals surface area contributed by atoms with E-state index in [1.807, 2.05) is 0 Å². The van der Waals surface area contributed by atoms with Crippen LogP contribution in [-0.4, -0.2) is 21.0 Å². The molecule has 0 amide bonds. The van der Waals surface area contributed by atoms with Crippen LogP contribution < -0.4 is 4.74 Å². The van der Waals surface area contributed by atoms with Crippen molar-refractivity contribution in [3.05, 3.63) is 41.5 Å². The van der Waals surface area contributed by atoms with Crippen LogP contribution in [0, 0.1) is 29.1 Å². The van der Waals surface area contributed by atoms with Crippen molar-refractivity contribution in [1.29, 1.82) is 0 Å². The summed E-state index contributed by atoms with van der Waals surface area (Å²) in [7, 11) is 0.148. The van der Waals surface area contributed by atoms with E-state index in [0.29, 0.717) is 5.92 Å². The fraction of sp³-hybridized carbons (Fsp3) is 0.704. The highest BCUT2D eigenvalue weighted by molar-refractivity contribution is 6.69. The van der Waals surface area contributed by atoms with Crippen LogP contribution in [0.3, 0.4) is 0 Å². The molecule has 2 fully saturated rings. The zero-order valence-electron chi connectivity index (χ0n) is 19.8. The Morgan fingerprint density at radius 3 is 2.70 bits per heavy atom. The molecule has 30 heavy (non-hydrogen) atoms. The van der Waals surface area contributed by atoms with Crippen molar-refractivity contribution in [3.8, 4) is 5.75 Å². The molecule has 1 aromatic carbocycles. The molecular formula is C27H40O2Si. The van der Waals surface area contributed by atoms with Crippen molar-refractivity contribution in [3.63, 3.8) is 0 Å². The van der Waals surface area contributed by atoms with E-state index in [4.69, 9.17) is 9.16 Å². The lowest BCUT2D eigenvalue weighted by Gasteiger charge is -2.57. The molecule has 0 heterocycles. The summed E-state index contributed by atoms with van der Waals surface area (Å²) >= 11 is 0. The summed E-state index contributed by atoms with van der Waals surface area (Å²) in [5, 5.41) is 0. The molecule has 4 aliphatic carbocycles. The van der Waals surface area contributed by atoms with E-state index in [9.17, 15) is 0 Å². The van der Waals surface area contributed by atoms with Gasteiger partial charge in [0.15, 0.2) is 8.32 Å². The second kappa shape index (κ2) is 6.97. The van der Waals surface area contributed by atoms with Gasteiger partial charge >= 0.3 is 0 Å². The first-order valence-corrected chi connectivity index (χ1v) is 15.7. The predicted octanol–water partition coefficient (Wildman–Crippen LogP) is 6.96. The van der Waals surface area contributed by atoms with Gasteiger partial charge in [0.2, 0.25) is 0 Å². The van der Waals surface area contributed by atoms with Crippen molar-refractivity contribution in [2.45, 2.75) is 83.5 Å². The molecule has 0 aromatic heterocycles. The number of rotatable bonds is 4. The molecule has 2 saturated carbocycles. The fourth-order valence-corrected chi connectivity index (χ4v) is 9.72. The largest absolute Gasteiger partial charge is 0.497 e. The lowest BCUT2D eigenvalue weighted by molar-refractivity contribution is -0.0792. The summed E-state index contributed by atoms with van der Waals surface area (Å²) < 4.78 is 12.7. The standard InChI is InChI=1S/C27H40O2Si/c1-7-18-15-19-16-21(28-3)10-11-22(19)23-12-14-26(2)24(25(18)23)17-20-9-8-13-27(20,26)29-30(4,5)6/h8,10-11,13,16,18,20,23-25H,7,9,12,14-15,17H2,1-6H3/t18-,20-,23?,24?,25?,26+,27+/m1/s1. The van der Waals surface area contributed by atoms with Crippen LogP contribution in [0.25, 0.3) is 0 Å². The summed E-state index contributed by atoms with van der Waals surface area (Å²) in [5.41, 5.74) is 3.45. The Labute approximate surface area is 184 Å². The van der Waals surface area contributed by atoms with E-state index in [2.05, 4.69) is 63.8 Å². The Hall–Kier alpha value is -1.06. The number of hydrogen-bond acceptors (Lipinski definition) is 2. The minimum absolute atomic E-state index is 0.00835. The van der Waals surface area contributed by atoms with Gasteiger partial charge in [0.25, 0.3) is 0 Å². The molecule has 2 nitrogen and oxygen atoms in total. The third-order valence-corrected chi connectivity index (χ3v) is 10.3. The van der Waals surface area contributed by atoms with Crippen molar-refractivity contribution in [2.75, 3.05) is 7.11 Å². The number of hydrogen-bond donors (Lipinski definition) is 0. The average molecular weight is 425 g/mol. The number of fused-ring (bicyclic) bond motifs is 7. The van der Waals surface area contributed by atoms with E-state index in [-0.39, 0.29) is 11.0 Å². The normalized spacial score (nSPS) is 41.7. The minimum atomic E-state index is -1.64. The second-order valence-electron chi connectivity index (χ2n) is 11.8. The molecule has 0 N–H and O–H groups in total. The highest BCUT2D eigenvalue weighted by atomic mass is 28.4. The third-order valence-electron chi connectivity index (χ3n) is 9.32. The molecule has 0 spiro atoms. The summed E-state index contributed by atoms with van der Waals surface area (Å²) in [4.78, 5) is 0. The Balaban J connectivity index is 1.56. The predicted molar refractivity (Wildman–Crippen MR) is 127 cm³/mol. The van der Waals surface area contributed by atoms with Crippen molar-refractivity contribution >= 4 is 8.32 Å². The van der Waals surface area contributed by atoms with E-state index in [1.54, 1.807) is 18.2 Å². The SMILES string of the molecule is CC[C@@H]1Cc2cc(OC)ccc2C2CC[C@@]3(C)C(C[C@H]4CC=C[C@]43O[Si](C)(C)C)C21. The first kappa shape index (κ1) is 20.8. The van der Waals surface area contributed by atoms with Crippen LogP contribution >= 0.6 is 0 Å². The van der Waals surface area contributed by atoms with Gasteiger partial charge in [-0.15, -0.1) is 0 Å². The van der Waals surface area contributed by atoms with Gasteiger partial charge < -0.3 is 9.16 Å². The van der Waals surface area contributed by atoms with E-state index in [0.717, 1.165) is 29.4 Å². The maximum Gasteiger partial charge on any atom is 0.184 e. The van der Waals surface area contributed by atoms with Gasteiger partial charge in [0, 0.05) is 5.41 Å².